The third-order valence-corrected chi connectivity index (χ3v) is 4.78. The van der Waals surface area contributed by atoms with Crippen LogP contribution in [0.4, 0.5) is 0 Å². The SMILES string of the molecule is Cc1ccc(Cn2ccccc2=NC(=O)C2Cc3ccccc3C(=O)O2)cc1. The van der Waals surface area contributed by atoms with Gasteiger partial charge in [0.1, 0.15) is 5.49 Å². The Morgan fingerprint density at radius 1 is 1.07 bits per heavy atom. The number of carbonyl (C=O) groups is 2. The summed E-state index contributed by atoms with van der Waals surface area (Å²) in [6.07, 6.45) is 1.33. The summed E-state index contributed by atoms with van der Waals surface area (Å²) < 4.78 is 7.23. The molecule has 5 nitrogen and oxygen atoms in total. The van der Waals surface area contributed by atoms with Crippen LogP contribution >= 0.6 is 0 Å². The lowest BCUT2D eigenvalue weighted by atomic mass is 9.98. The number of nitrogens with zero attached hydrogens (tertiary/aromatic N) is 2. The molecule has 0 bridgehead atoms. The summed E-state index contributed by atoms with van der Waals surface area (Å²) in [5.74, 6) is -0.928. The Bertz CT molecular complexity index is 1100. The van der Waals surface area contributed by atoms with Crippen molar-refractivity contribution in [3.05, 3.63) is 101 Å². The lowest BCUT2D eigenvalue weighted by Crippen LogP contribution is -2.35. The van der Waals surface area contributed by atoms with Gasteiger partial charge in [-0.05, 0) is 36.2 Å². The number of hydrogen-bond acceptors (Lipinski definition) is 3. The van der Waals surface area contributed by atoms with Crippen LogP contribution in [0.5, 0.6) is 0 Å². The third kappa shape index (κ3) is 3.78. The molecule has 1 atom stereocenters. The van der Waals surface area contributed by atoms with Crippen LogP contribution in [0.3, 0.4) is 0 Å². The maximum atomic E-state index is 12.7. The van der Waals surface area contributed by atoms with Gasteiger partial charge in [0, 0.05) is 19.2 Å². The van der Waals surface area contributed by atoms with Crippen molar-refractivity contribution in [3.8, 4) is 0 Å². The van der Waals surface area contributed by atoms with E-state index < -0.39 is 18.0 Å². The van der Waals surface area contributed by atoms with Crippen LogP contribution in [0.25, 0.3) is 0 Å². The minimum absolute atomic E-state index is 0.342. The Balaban J connectivity index is 1.60. The van der Waals surface area contributed by atoms with E-state index in [0.717, 1.165) is 11.1 Å². The standard InChI is InChI=1S/C23H20N2O3/c1-16-9-11-17(12-10-16)15-25-13-5-4-8-21(25)24-22(26)20-14-18-6-2-3-7-19(18)23(27)28-20/h2-13,20H,14-15H2,1H3. The second-order valence-electron chi connectivity index (χ2n) is 6.88. The Morgan fingerprint density at radius 3 is 2.64 bits per heavy atom. The van der Waals surface area contributed by atoms with Crippen LogP contribution in [0.15, 0.2) is 77.9 Å². The number of hydrogen-bond donors (Lipinski definition) is 0. The fraction of sp³-hybridized carbons (Fsp3) is 0.174. The zero-order valence-electron chi connectivity index (χ0n) is 15.5. The molecule has 140 valence electrons. The van der Waals surface area contributed by atoms with Crippen molar-refractivity contribution in [2.45, 2.75) is 26.0 Å². The Morgan fingerprint density at radius 2 is 1.82 bits per heavy atom. The molecule has 0 aliphatic carbocycles. The minimum atomic E-state index is -0.893. The van der Waals surface area contributed by atoms with Crippen LogP contribution in [0, 0.1) is 6.92 Å². The van der Waals surface area contributed by atoms with Gasteiger partial charge in [-0.1, -0.05) is 54.1 Å². The van der Waals surface area contributed by atoms with E-state index in [1.807, 2.05) is 42.0 Å². The molecular formula is C23H20N2O3. The van der Waals surface area contributed by atoms with E-state index in [-0.39, 0.29) is 0 Å². The van der Waals surface area contributed by atoms with Crippen molar-refractivity contribution in [1.82, 2.24) is 4.57 Å². The molecule has 0 saturated heterocycles. The smallest absolute Gasteiger partial charge is 0.339 e. The summed E-state index contributed by atoms with van der Waals surface area (Å²) in [6.45, 7) is 2.64. The van der Waals surface area contributed by atoms with Gasteiger partial charge in [-0.25, -0.2) is 4.79 Å². The van der Waals surface area contributed by atoms with E-state index >= 15 is 0 Å². The number of pyridine rings is 1. The number of fused-ring (bicyclic) bond motifs is 1. The largest absolute Gasteiger partial charge is 0.448 e. The van der Waals surface area contributed by atoms with E-state index in [9.17, 15) is 9.59 Å². The maximum absolute atomic E-state index is 12.7. The molecular weight excluding hydrogens is 352 g/mol. The van der Waals surface area contributed by atoms with Crippen molar-refractivity contribution in [3.63, 3.8) is 0 Å². The first-order valence-electron chi connectivity index (χ1n) is 9.18. The van der Waals surface area contributed by atoms with Crippen molar-refractivity contribution in [2.75, 3.05) is 0 Å². The van der Waals surface area contributed by atoms with Crippen LogP contribution in [0.1, 0.15) is 27.0 Å². The topological polar surface area (TPSA) is 60.7 Å². The molecule has 1 amide bonds. The highest BCUT2D eigenvalue weighted by Gasteiger charge is 2.30. The number of amides is 1. The van der Waals surface area contributed by atoms with Gasteiger partial charge in [0.15, 0.2) is 6.10 Å². The third-order valence-electron chi connectivity index (χ3n) is 4.78. The lowest BCUT2D eigenvalue weighted by molar-refractivity contribution is -0.127. The number of aryl methyl sites for hydroxylation is 1. The second kappa shape index (κ2) is 7.64. The second-order valence-corrected chi connectivity index (χ2v) is 6.88. The molecule has 0 N–H and O–H groups in total. The maximum Gasteiger partial charge on any atom is 0.339 e. The molecule has 2 heterocycles. The van der Waals surface area contributed by atoms with Gasteiger partial charge in [-0.15, -0.1) is 0 Å². The molecule has 0 fully saturated rings. The average Bonchev–Trinajstić information content (AvgIpc) is 2.71. The van der Waals surface area contributed by atoms with Crippen LogP contribution < -0.4 is 5.49 Å². The van der Waals surface area contributed by atoms with E-state index in [1.54, 1.807) is 18.2 Å². The normalized spacial score (nSPS) is 16.4. The summed E-state index contributed by atoms with van der Waals surface area (Å²) in [4.78, 5) is 29.1. The van der Waals surface area contributed by atoms with Crippen molar-refractivity contribution in [1.29, 1.82) is 0 Å². The summed E-state index contributed by atoms with van der Waals surface area (Å²) in [5, 5.41) is 0. The Kier molecular flexibility index (Phi) is 4.89. The summed E-state index contributed by atoms with van der Waals surface area (Å²) in [5.41, 5.74) is 4.17. The van der Waals surface area contributed by atoms with Gasteiger partial charge in [0.25, 0.3) is 5.91 Å². The number of cyclic esters (lactones) is 1. The molecule has 28 heavy (non-hydrogen) atoms. The number of benzene rings is 2. The van der Waals surface area contributed by atoms with Crippen LogP contribution in [-0.4, -0.2) is 22.5 Å². The van der Waals surface area contributed by atoms with E-state index in [1.165, 1.54) is 5.56 Å². The number of carbonyl (C=O) groups excluding carboxylic acids is 2. The minimum Gasteiger partial charge on any atom is -0.448 e. The number of ether oxygens (including phenoxy) is 1. The predicted octanol–water partition coefficient (Wildman–Crippen LogP) is 3.05. The molecule has 0 radical (unpaired) electrons. The Hall–Kier alpha value is -3.47. The zero-order valence-corrected chi connectivity index (χ0v) is 15.5. The molecule has 0 spiro atoms. The zero-order chi connectivity index (χ0) is 19.5. The number of esters is 1. The molecule has 1 unspecified atom stereocenters. The summed E-state index contributed by atoms with van der Waals surface area (Å²) in [7, 11) is 0. The summed E-state index contributed by atoms with van der Waals surface area (Å²) in [6, 6.07) is 20.9. The predicted molar refractivity (Wildman–Crippen MR) is 105 cm³/mol. The number of aromatic nitrogens is 1. The van der Waals surface area contributed by atoms with Crippen LogP contribution in [-0.2, 0) is 22.5 Å². The van der Waals surface area contributed by atoms with Gasteiger partial charge in [0.2, 0.25) is 0 Å². The molecule has 5 heteroatoms. The monoisotopic (exact) mass is 372 g/mol. The molecule has 4 rings (SSSR count). The van der Waals surface area contributed by atoms with Gasteiger partial charge in [0.05, 0.1) is 5.56 Å². The first-order valence-corrected chi connectivity index (χ1v) is 9.18. The molecule has 1 aromatic heterocycles. The van der Waals surface area contributed by atoms with Crippen molar-refractivity contribution < 1.29 is 14.3 Å². The van der Waals surface area contributed by atoms with E-state index in [4.69, 9.17) is 4.74 Å². The first-order chi connectivity index (χ1) is 13.6. The molecule has 3 aromatic rings. The first kappa shape index (κ1) is 17.9. The van der Waals surface area contributed by atoms with E-state index in [2.05, 4.69) is 29.3 Å². The summed E-state index contributed by atoms with van der Waals surface area (Å²) >= 11 is 0. The Labute approximate surface area is 162 Å². The van der Waals surface area contributed by atoms with E-state index in [0.29, 0.717) is 24.0 Å². The van der Waals surface area contributed by atoms with Crippen LogP contribution in [0.2, 0.25) is 0 Å². The van der Waals surface area contributed by atoms with Gasteiger partial charge in [-0.2, -0.15) is 4.99 Å². The number of rotatable bonds is 3. The van der Waals surface area contributed by atoms with Crippen molar-refractivity contribution in [2.24, 2.45) is 4.99 Å². The van der Waals surface area contributed by atoms with Gasteiger partial charge >= 0.3 is 5.97 Å². The molecule has 2 aromatic carbocycles. The quantitative estimate of drug-likeness (QED) is 0.664. The molecule has 1 aliphatic heterocycles. The fourth-order valence-electron chi connectivity index (χ4n) is 3.25. The lowest BCUT2D eigenvalue weighted by Gasteiger charge is -2.22. The highest BCUT2D eigenvalue weighted by Crippen LogP contribution is 2.21. The highest BCUT2D eigenvalue weighted by atomic mass is 16.5. The van der Waals surface area contributed by atoms with Gasteiger partial charge < -0.3 is 9.30 Å². The van der Waals surface area contributed by atoms with Gasteiger partial charge in [-0.3, -0.25) is 4.79 Å². The molecule has 0 saturated carbocycles. The fourth-order valence-corrected chi connectivity index (χ4v) is 3.25. The van der Waals surface area contributed by atoms with Crippen molar-refractivity contribution >= 4 is 11.9 Å². The highest BCUT2D eigenvalue weighted by molar-refractivity contribution is 5.95. The average molecular weight is 372 g/mol. The molecule has 1 aliphatic rings.